The Morgan fingerprint density at radius 1 is 1.00 bits per heavy atom. The lowest BCUT2D eigenvalue weighted by Crippen LogP contribution is -2.48. The maximum Gasteiger partial charge on any atom is 0.274 e. The first-order valence-electron chi connectivity index (χ1n) is 10.00. The van der Waals surface area contributed by atoms with Gasteiger partial charge < -0.3 is 19.9 Å². The molecule has 1 aliphatic heterocycles. The van der Waals surface area contributed by atoms with E-state index in [0.717, 1.165) is 24.5 Å². The van der Waals surface area contributed by atoms with Crippen LogP contribution in [0, 0.1) is 0 Å². The SMILES string of the molecule is COc1ccc(N2CCN(C(=O)c3cn(-c4ccc(NC(C)=O)cn4)cn3)CC2)cc1. The highest BCUT2D eigenvalue weighted by atomic mass is 16.5. The van der Waals surface area contributed by atoms with E-state index in [1.807, 2.05) is 29.2 Å². The van der Waals surface area contributed by atoms with Gasteiger partial charge in [0.2, 0.25) is 5.91 Å². The average Bonchev–Trinajstić information content (AvgIpc) is 3.29. The van der Waals surface area contributed by atoms with Gasteiger partial charge in [0.05, 0.1) is 19.0 Å². The lowest BCUT2D eigenvalue weighted by molar-refractivity contribution is -0.114. The molecule has 3 heterocycles. The minimum absolute atomic E-state index is 0.0944. The van der Waals surface area contributed by atoms with Gasteiger partial charge in [-0.3, -0.25) is 14.2 Å². The van der Waals surface area contributed by atoms with Crippen molar-refractivity contribution in [1.82, 2.24) is 19.4 Å². The molecule has 0 aliphatic carbocycles. The fraction of sp³-hybridized carbons (Fsp3) is 0.273. The summed E-state index contributed by atoms with van der Waals surface area (Å²) in [6.07, 6.45) is 4.82. The second-order valence-electron chi connectivity index (χ2n) is 7.23. The fourth-order valence-electron chi connectivity index (χ4n) is 3.50. The fourth-order valence-corrected chi connectivity index (χ4v) is 3.50. The summed E-state index contributed by atoms with van der Waals surface area (Å²) in [7, 11) is 1.65. The van der Waals surface area contributed by atoms with Crippen LogP contribution in [0.1, 0.15) is 17.4 Å². The van der Waals surface area contributed by atoms with Crippen LogP contribution in [0.15, 0.2) is 55.1 Å². The first-order chi connectivity index (χ1) is 15.0. The maximum atomic E-state index is 12.9. The molecular weight excluding hydrogens is 396 g/mol. The molecule has 9 nitrogen and oxygen atoms in total. The number of imidazole rings is 1. The van der Waals surface area contributed by atoms with Crippen LogP contribution in [0.5, 0.6) is 5.75 Å². The zero-order valence-electron chi connectivity index (χ0n) is 17.5. The van der Waals surface area contributed by atoms with Crippen molar-refractivity contribution in [2.75, 3.05) is 43.5 Å². The number of nitrogens with zero attached hydrogens (tertiary/aromatic N) is 5. The summed E-state index contributed by atoms with van der Waals surface area (Å²) in [5.74, 6) is 1.19. The predicted molar refractivity (Wildman–Crippen MR) is 117 cm³/mol. The van der Waals surface area contributed by atoms with Crippen molar-refractivity contribution in [3.8, 4) is 11.6 Å². The molecule has 1 N–H and O–H groups in total. The number of hydrogen-bond donors (Lipinski definition) is 1. The maximum absolute atomic E-state index is 12.9. The van der Waals surface area contributed by atoms with Gasteiger partial charge in [-0.05, 0) is 36.4 Å². The smallest absolute Gasteiger partial charge is 0.274 e. The highest BCUT2D eigenvalue weighted by Gasteiger charge is 2.24. The van der Waals surface area contributed by atoms with Crippen molar-refractivity contribution in [3.05, 3.63) is 60.8 Å². The quantitative estimate of drug-likeness (QED) is 0.680. The molecule has 0 unspecified atom stereocenters. The summed E-state index contributed by atoms with van der Waals surface area (Å²) in [5.41, 5.74) is 2.11. The average molecular weight is 420 g/mol. The number of carbonyl (C=O) groups is 2. The summed E-state index contributed by atoms with van der Waals surface area (Å²) in [6.45, 7) is 4.21. The van der Waals surface area contributed by atoms with E-state index >= 15 is 0 Å². The first kappa shape index (κ1) is 20.4. The molecule has 1 fully saturated rings. The minimum Gasteiger partial charge on any atom is -0.497 e. The Morgan fingerprint density at radius 2 is 1.74 bits per heavy atom. The van der Waals surface area contributed by atoms with Gasteiger partial charge in [-0.2, -0.15) is 0 Å². The first-order valence-corrected chi connectivity index (χ1v) is 10.00. The molecule has 4 rings (SSSR count). The summed E-state index contributed by atoms with van der Waals surface area (Å²) in [4.78, 5) is 36.7. The lowest BCUT2D eigenvalue weighted by atomic mass is 10.2. The third-order valence-electron chi connectivity index (χ3n) is 5.14. The molecule has 2 aromatic heterocycles. The van der Waals surface area contributed by atoms with Crippen LogP contribution in [0.4, 0.5) is 11.4 Å². The third kappa shape index (κ3) is 4.66. The van der Waals surface area contributed by atoms with Gasteiger partial charge in [0.1, 0.15) is 23.6 Å². The molecule has 0 radical (unpaired) electrons. The van der Waals surface area contributed by atoms with Gasteiger partial charge in [0.25, 0.3) is 5.91 Å². The van der Waals surface area contributed by atoms with E-state index in [1.54, 1.807) is 42.5 Å². The van der Waals surface area contributed by atoms with Gasteiger partial charge in [-0.25, -0.2) is 9.97 Å². The summed E-state index contributed by atoms with van der Waals surface area (Å²) < 4.78 is 6.90. The molecule has 0 saturated carbocycles. The number of aromatic nitrogens is 3. The van der Waals surface area contributed by atoms with E-state index in [2.05, 4.69) is 20.2 Å². The van der Waals surface area contributed by atoms with Gasteiger partial charge in [0.15, 0.2) is 0 Å². The number of hydrogen-bond acceptors (Lipinski definition) is 6. The zero-order chi connectivity index (χ0) is 21.8. The molecule has 160 valence electrons. The van der Waals surface area contributed by atoms with Crippen molar-refractivity contribution in [2.24, 2.45) is 0 Å². The van der Waals surface area contributed by atoms with Crippen molar-refractivity contribution in [1.29, 1.82) is 0 Å². The van der Waals surface area contributed by atoms with Crippen LogP contribution in [0.25, 0.3) is 5.82 Å². The Hall–Kier alpha value is -3.88. The van der Waals surface area contributed by atoms with E-state index in [9.17, 15) is 9.59 Å². The van der Waals surface area contributed by atoms with Gasteiger partial charge in [-0.15, -0.1) is 0 Å². The van der Waals surface area contributed by atoms with E-state index in [4.69, 9.17) is 4.74 Å². The highest BCUT2D eigenvalue weighted by molar-refractivity contribution is 5.92. The molecule has 1 saturated heterocycles. The Balaban J connectivity index is 1.37. The zero-order valence-corrected chi connectivity index (χ0v) is 17.5. The number of piperazine rings is 1. The van der Waals surface area contributed by atoms with E-state index < -0.39 is 0 Å². The Bertz CT molecular complexity index is 1050. The second-order valence-corrected chi connectivity index (χ2v) is 7.23. The van der Waals surface area contributed by atoms with Crippen molar-refractivity contribution < 1.29 is 14.3 Å². The number of rotatable bonds is 5. The number of amides is 2. The molecule has 1 aliphatic rings. The van der Waals surface area contributed by atoms with Crippen LogP contribution >= 0.6 is 0 Å². The third-order valence-corrected chi connectivity index (χ3v) is 5.14. The van der Waals surface area contributed by atoms with Gasteiger partial charge in [-0.1, -0.05) is 0 Å². The van der Waals surface area contributed by atoms with E-state index in [0.29, 0.717) is 30.3 Å². The number of pyridine rings is 1. The van der Waals surface area contributed by atoms with Crippen LogP contribution in [-0.4, -0.2) is 64.5 Å². The highest BCUT2D eigenvalue weighted by Crippen LogP contribution is 2.21. The summed E-state index contributed by atoms with van der Waals surface area (Å²) >= 11 is 0. The van der Waals surface area contributed by atoms with Crippen molar-refractivity contribution in [2.45, 2.75) is 6.92 Å². The van der Waals surface area contributed by atoms with Gasteiger partial charge >= 0.3 is 0 Å². The van der Waals surface area contributed by atoms with E-state index in [1.165, 1.54) is 6.92 Å². The number of carbonyl (C=O) groups excluding carboxylic acids is 2. The van der Waals surface area contributed by atoms with Crippen molar-refractivity contribution >= 4 is 23.2 Å². The standard InChI is InChI=1S/C22H24N6O3/c1-16(29)25-17-3-8-21(23-13-17)28-14-20(24-15-28)22(30)27-11-9-26(10-12-27)18-4-6-19(31-2)7-5-18/h3-8,13-15H,9-12H2,1-2H3,(H,25,29). The van der Waals surface area contributed by atoms with E-state index in [-0.39, 0.29) is 11.8 Å². The number of anilines is 2. The van der Waals surface area contributed by atoms with Crippen molar-refractivity contribution in [3.63, 3.8) is 0 Å². The summed E-state index contributed by atoms with van der Waals surface area (Å²) in [5, 5.41) is 2.67. The Kier molecular flexibility index (Phi) is 5.83. The molecule has 0 bridgehead atoms. The topological polar surface area (TPSA) is 92.6 Å². The predicted octanol–water partition coefficient (Wildman–Crippen LogP) is 2.20. The lowest BCUT2D eigenvalue weighted by Gasteiger charge is -2.35. The summed E-state index contributed by atoms with van der Waals surface area (Å²) in [6, 6.07) is 11.5. The molecule has 1 aromatic carbocycles. The molecule has 9 heteroatoms. The normalized spacial score (nSPS) is 13.7. The molecule has 31 heavy (non-hydrogen) atoms. The largest absolute Gasteiger partial charge is 0.497 e. The van der Waals surface area contributed by atoms with Crippen LogP contribution < -0.4 is 15.0 Å². The monoisotopic (exact) mass is 420 g/mol. The number of nitrogens with one attached hydrogen (secondary N) is 1. The molecule has 0 atom stereocenters. The van der Waals surface area contributed by atoms with Crippen LogP contribution in [0.3, 0.4) is 0 Å². The van der Waals surface area contributed by atoms with Crippen LogP contribution in [0.2, 0.25) is 0 Å². The molecule has 2 amide bonds. The second kappa shape index (κ2) is 8.86. The molecule has 0 spiro atoms. The molecule has 3 aromatic rings. The number of ether oxygens (including phenoxy) is 1. The Labute approximate surface area is 180 Å². The van der Waals surface area contributed by atoms with Gasteiger partial charge in [0, 0.05) is 45.0 Å². The number of benzene rings is 1. The Morgan fingerprint density at radius 3 is 2.35 bits per heavy atom. The molecular formula is C22H24N6O3. The number of methoxy groups -OCH3 is 1. The minimum atomic E-state index is -0.155. The van der Waals surface area contributed by atoms with Crippen LogP contribution in [-0.2, 0) is 4.79 Å².